The second kappa shape index (κ2) is 9.55. The molecule has 0 saturated carbocycles. The molecule has 0 atom stereocenters. The van der Waals surface area contributed by atoms with Gasteiger partial charge in [-0.1, -0.05) is 42.2 Å². The van der Waals surface area contributed by atoms with Crippen molar-refractivity contribution in [3.8, 4) is 11.6 Å². The molecule has 0 radical (unpaired) electrons. The molecule has 3 heterocycles. The van der Waals surface area contributed by atoms with E-state index in [4.69, 9.17) is 22.1 Å². The highest BCUT2D eigenvalue weighted by atomic mass is 32.2. The van der Waals surface area contributed by atoms with Gasteiger partial charge in [0.05, 0.1) is 4.91 Å². The molecule has 8 nitrogen and oxygen atoms in total. The zero-order valence-corrected chi connectivity index (χ0v) is 19.2. The van der Waals surface area contributed by atoms with E-state index in [-0.39, 0.29) is 47.2 Å². The van der Waals surface area contributed by atoms with Crippen molar-refractivity contribution < 1.29 is 19.4 Å². The van der Waals surface area contributed by atoms with Gasteiger partial charge in [0.1, 0.15) is 21.3 Å². The summed E-state index contributed by atoms with van der Waals surface area (Å²) >= 11 is 6.36. The summed E-state index contributed by atoms with van der Waals surface area (Å²) in [7, 11) is 0. The molecule has 1 aromatic carbocycles. The summed E-state index contributed by atoms with van der Waals surface area (Å²) in [5.74, 6) is -0.732. The molecule has 33 heavy (non-hydrogen) atoms. The first kappa shape index (κ1) is 22.7. The van der Waals surface area contributed by atoms with E-state index in [1.807, 2.05) is 25.1 Å². The Balaban J connectivity index is 1.74. The minimum Gasteiger partial charge on any atom is -0.481 e. The monoisotopic (exact) mass is 481 g/mol. The summed E-state index contributed by atoms with van der Waals surface area (Å²) in [5.41, 5.74) is 1.11. The SMILES string of the molecule is Cc1cccc(Oc2nc3ccccn3c(=O)c2/C=C2\SC(=S)N(CCCC(=O)O)C2=O)c1. The van der Waals surface area contributed by atoms with Gasteiger partial charge < -0.3 is 9.84 Å². The maximum Gasteiger partial charge on any atom is 0.303 e. The molecular weight excluding hydrogens is 462 g/mol. The van der Waals surface area contributed by atoms with Crippen LogP contribution in [0.3, 0.4) is 0 Å². The van der Waals surface area contributed by atoms with Crippen molar-refractivity contribution in [1.82, 2.24) is 14.3 Å². The fraction of sp³-hybridized carbons (Fsp3) is 0.174. The van der Waals surface area contributed by atoms with Gasteiger partial charge in [-0.25, -0.2) is 0 Å². The average molecular weight is 482 g/mol. The van der Waals surface area contributed by atoms with Crippen LogP contribution in [-0.2, 0) is 9.59 Å². The molecule has 0 bridgehead atoms. The molecule has 4 rings (SSSR count). The number of benzene rings is 1. The molecule has 1 amide bonds. The Hall–Kier alpha value is -3.50. The first-order valence-electron chi connectivity index (χ1n) is 10.1. The van der Waals surface area contributed by atoms with Crippen LogP contribution in [0.1, 0.15) is 24.0 Å². The number of aromatic nitrogens is 2. The lowest BCUT2D eigenvalue weighted by Crippen LogP contribution is -2.29. The van der Waals surface area contributed by atoms with Crippen molar-refractivity contribution in [3.05, 3.63) is 75.0 Å². The van der Waals surface area contributed by atoms with Crippen LogP contribution in [0.25, 0.3) is 11.7 Å². The van der Waals surface area contributed by atoms with Gasteiger partial charge in [-0.15, -0.1) is 0 Å². The van der Waals surface area contributed by atoms with Crippen molar-refractivity contribution in [2.24, 2.45) is 0 Å². The Bertz CT molecular complexity index is 1370. The van der Waals surface area contributed by atoms with Gasteiger partial charge in [-0.2, -0.15) is 4.98 Å². The quantitative estimate of drug-likeness (QED) is 0.401. The van der Waals surface area contributed by atoms with Crippen molar-refractivity contribution in [2.75, 3.05) is 6.54 Å². The molecule has 168 valence electrons. The number of hydrogen-bond donors (Lipinski definition) is 1. The zero-order chi connectivity index (χ0) is 23.5. The predicted octanol–water partition coefficient (Wildman–Crippen LogP) is 3.86. The number of amides is 1. The topological polar surface area (TPSA) is 101 Å². The van der Waals surface area contributed by atoms with Crippen molar-refractivity contribution in [3.63, 3.8) is 0 Å². The van der Waals surface area contributed by atoms with Crippen LogP contribution in [0.5, 0.6) is 11.6 Å². The van der Waals surface area contributed by atoms with Crippen LogP contribution in [0.4, 0.5) is 0 Å². The Labute approximate surface area is 198 Å². The normalized spacial score (nSPS) is 14.9. The predicted molar refractivity (Wildman–Crippen MR) is 129 cm³/mol. The third kappa shape index (κ3) is 4.96. The number of fused-ring (bicyclic) bond motifs is 1. The van der Waals surface area contributed by atoms with Crippen molar-refractivity contribution in [1.29, 1.82) is 0 Å². The van der Waals surface area contributed by atoms with Crippen LogP contribution >= 0.6 is 24.0 Å². The largest absolute Gasteiger partial charge is 0.481 e. The highest BCUT2D eigenvalue weighted by Gasteiger charge is 2.32. The highest BCUT2D eigenvalue weighted by molar-refractivity contribution is 8.26. The van der Waals surface area contributed by atoms with E-state index in [1.54, 1.807) is 30.5 Å². The minimum atomic E-state index is -0.941. The van der Waals surface area contributed by atoms with Crippen LogP contribution in [0.2, 0.25) is 0 Å². The fourth-order valence-electron chi connectivity index (χ4n) is 3.29. The van der Waals surface area contributed by atoms with Crippen molar-refractivity contribution >= 4 is 51.9 Å². The van der Waals surface area contributed by atoms with Gasteiger partial charge in [0.15, 0.2) is 0 Å². The van der Waals surface area contributed by atoms with Gasteiger partial charge in [0.2, 0.25) is 5.88 Å². The number of carbonyl (C=O) groups excluding carboxylic acids is 1. The van der Waals surface area contributed by atoms with Gasteiger partial charge in [-0.3, -0.25) is 23.7 Å². The number of thioether (sulfide) groups is 1. The Morgan fingerprint density at radius 3 is 2.82 bits per heavy atom. The van der Waals surface area contributed by atoms with Gasteiger partial charge >= 0.3 is 5.97 Å². The first-order valence-corrected chi connectivity index (χ1v) is 11.3. The number of aryl methyl sites for hydroxylation is 1. The molecule has 1 aliphatic heterocycles. The molecule has 1 saturated heterocycles. The van der Waals surface area contributed by atoms with Crippen molar-refractivity contribution in [2.45, 2.75) is 19.8 Å². The highest BCUT2D eigenvalue weighted by Crippen LogP contribution is 2.34. The maximum absolute atomic E-state index is 13.3. The summed E-state index contributed by atoms with van der Waals surface area (Å²) in [4.78, 5) is 43.1. The number of carboxylic acids is 1. The summed E-state index contributed by atoms with van der Waals surface area (Å²) < 4.78 is 7.66. The molecule has 3 aromatic rings. The summed E-state index contributed by atoms with van der Waals surface area (Å²) in [6.45, 7) is 2.11. The lowest BCUT2D eigenvalue weighted by atomic mass is 10.2. The Morgan fingerprint density at radius 1 is 1.24 bits per heavy atom. The Kier molecular flexibility index (Phi) is 6.57. The molecule has 1 N–H and O–H groups in total. The number of thiocarbonyl (C=S) groups is 1. The average Bonchev–Trinajstić information content (AvgIpc) is 3.03. The van der Waals surface area contributed by atoms with E-state index in [0.717, 1.165) is 17.3 Å². The fourth-order valence-corrected chi connectivity index (χ4v) is 4.58. The third-order valence-corrected chi connectivity index (χ3v) is 6.24. The lowest BCUT2D eigenvalue weighted by Gasteiger charge is -2.13. The number of rotatable bonds is 7. The molecule has 2 aromatic heterocycles. The summed E-state index contributed by atoms with van der Waals surface area (Å²) in [5, 5.41) is 8.84. The standard InChI is InChI=1S/C23H19N3O5S2/c1-14-6-4-7-15(12-14)31-20-16(21(29)25-10-3-2-8-18(25)24-20)13-17-22(30)26(23(32)33-17)11-5-9-19(27)28/h2-4,6-8,10,12-13H,5,9,11H2,1H3,(H,27,28)/b17-13-. The molecular formula is C23H19N3O5S2. The first-order chi connectivity index (χ1) is 15.8. The number of carboxylic acid groups (broad SMARTS) is 1. The number of aliphatic carboxylic acids is 1. The van der Waals surface area contributed by atoms with Crippen LogP contribution in [0, 0.1) is 6.92 Å². The molecule has 0 aliphatic carbocycles. The van der Waals surface area contributed by atoms with E-state index >= 15 is 0 Å². The molecule has 1 aliphatic rings. The van der Waals surface area contributed by atoms with Gasteiger partial charge in [0.25, 0.3) is 11.5 Å². The van der Waals surface area contributed by atoms with E-state index in [1.165, 1.54) is 15.4 Å². The lowest BCUT2D eigenvalue weighted by molar-refractivity contribution is -0.137. The van der Waals surface area contributed by atoms with E-state index < -0.39 is 5.97 Å². The van der Waals surface area contributed by atoms with E-state index in [2.05, 4.69) is 4.98 Å². The number of nitrogens with zero attached hydrogens (tertiary/aromatic N) is 3. The van der Waals surface area contributed by atoms with Crippen LogP contribution < -0.4 is 10.3 Å². The summed E-state index contributed by atoms with van der Waals surface area (Å²) in [6.07, 6.45) is 3.24. The summed E-state index contributed by atoms with van der Waals surface area (Å²) in [6, 6.07) is 12.5. The van der Waals surface area contributed by atoms with Gasteiger partial charge in [-0.05, 0) is 49.2 Å². The number of carbonyl (C=O) groups is 2. The second-order valence-corrected chi connectivity index (χ2v) is 8.99. The molecule has 1 fully saturated rings. The molecule has 0 unspecified atom stereocenters. The van der Waals surface area contributed by atoms with E-state index in [9.17, 15) is 14.4 Å². The van der Waals surface area contributed by atoms with Crippen LogP contribution in [-0.4, -0.2) is 42.1 Å². The van der Waals surface area contributed by atoms with E-state index in [0.29, 0.717) is 15.7 Å². The van der Waals surface area contributed by atoms with Crippen LogP contribution in [0.15, 0.2) is 58.4 Å². The number of ether oxygens (including phenoxy) is 1. The molecule has 10 heteroatoms. The molecule has 0 spiro atoms. The zero-order valence-electron chi connectivity index (χ0n) is 17.6. The van der Waals surface area contributed by atoms with Gasteiger partial charge in [0, 0.05) is 19.2 Å². The second-order valence-electron chi connectivity index (χ2n) is 7.31. The smallest absolute Gasteiger partial charge is 0.303 e. The third-order valence-electron chi connectivity index (χ3n) is 4.86. The number of hydrogen-bond acceptors (Lipinski definition) is 7. The Morgan fingerprint density at radius 2 is 2.06 bits per heavy atom. The number of pyridine rings is 1. The minimum absolute atomic E-state index is 0.0689. The maximum atomic E-state index is 13.3.